The van der Waals surface area contributed by atoms with Crippen molar-refractivity contribution in [3.05, 3.63) is 83.2 Å². The van der Waals surface area contributed by atoms with Gasteiger partial charge in [0.15, 0.2) is 0 Å². The van der Waals surface area contributed by atoms with E-state index in [9.17, 15) is 0 Å². The predicted octanol–water partition coefficient (Wildman–Crippen LogP) is 6.63. The fraction of sp³-hybridized carbons (Fsp3) is 0.292. The quantitative estimate of drug-likeness (QED) is 0.557. The summed E-state index contributed by atoms with van der Waals surface area (Å²) < 4.78 is 2.46. The SMILES string of the molecule is C=CC1=CC(C)C(c2cc3ccccc3n2CC2CC2)=NC(/C(C)=C/Cl)=C1. The second-order valence-corrected chi connectivity index (χ2v) is 7.84. The first-order chi connectivity index (χ1) is 13.1. The fourth-order valence-corrected chi connectivity index (χ4v) is 3.80. The van der Waals surface area contributed by atoms with E-state index >= 15 is 0 Å². The van der Waals surface area contributed by atoms with Crippen LogP contribution in [0.5, 0.6) is 0 Å². The summed E-state index contributed by atoms with van der Waals surface area (Å²) in [5.41, 5.74) is 8.14. The molecule has 1 fully saturated rings. The van der Waals surface area contributed by atoms with E-state index in [0.29, 0.717) is 0 Å². The van der Waals surface area contributed by atoms with E-state index in [2.05, 4.69) is 60.6 Å². The summed E-state index contributed by atoms with van der Waals surface area (Å²) in [6.45, 7) is 9.22. The molecule has 1 saturated carbocycles. The third kappa shape index (κ3) is 3.59. The topological polar surface area (TPSA) is 17.3 Å². The second-order valence-electron chi connectivity index (χ2n) is 7.62. The molecule has 0 saturated heterocycles. The van der Waals surface area contributed by atoms with Crippen LogP contribution in [0.3, 0.4) is 0 Å². The summed E-state index contributed by atoms with van der Waals surface area (Å²) in [7, 11) is 0. The van der Waals surface area contributed by atoms with Crippen molar-refractivity contribution in [3.63, 3.8) is 0 Å². The molecule has 2 aromatic rings. The van der Waals surface area contributed by atoms with Crippen LogP contribution in [0.2, 0.25) is 0 Å². The van der Waals surface area contributed by atoms with Gasteiger partial charge < -0.3 is 4.57 Å². The number of hydrogen-bond donors (Lipinski definition) is 0. The largest absolute Gasteiger partial charge is 0.339 e. The van der Waals surface area contributed by atoms with Crippen LogP contribution in [0.15, 0.2) is 82.5 Å². The van der Waals surface area contributed by atoms with E-state index < -0.39 is 0 Å². The maximum atomic E-state index is 6.01. The molecule has 0 N–H and O–H groups in total. The Morgan fingerprint density at radius 2 is 2.11 bits per heavy atom. The van der Waals surface area contributed by atoms with Gasteiger partial charge in [0.25, 0.3) is 0 Å². The molecule has 1 aromatic heterocycles. The number of aromatic nitrogens is 1. The number of nitrogens with zero attached hydrogens (tertiary/aromatic N) is 2. The van der Waals surface area contributed by atoms with Gasteiger partial charge in [-0.3, -0.25) is 4.99 Å². The van der Waals surface area contributed by atoms with Gasteiger partial charge in [-0.15, -0.1) is 0 Å². The molecule has 0 bridgehead atoms. The molecular formula is C24H25ClN2. The molecule has 0 amide bonds. The van der Waals surface area contributed by atoms with E-state index in [4.69, 9.17) is 16.6 Å². The summed E-state index contributed by atoms with van der Waals surface area (Å²) in [6, 6.07) is 10.9. The number of para-hydroxylation sites is 1. The van der Waals surface area contributed by atoms with Gasteiger partial charge in [-0.2, -0.15) is 0 Å². The fourth-order valence-electron chi connectivity index (χ4n) is 3.69. The molecule has 138 valence electrons. The number of aliphatic imine (C=N–C) groups is 1. The van der Waals surface area contributed by atoms with Crippen LogP contribution in [0.25, 0.3) is 10.9 Å². The zero-order chi connectivity index (χ0) is 19.0. The zero-order valence-electron chi connectivity index (χ0n) is 16.0. The highest BCUT2D eigenvalue weighted by atomic mass is 35.5. The minimum atomic E-state index is 0.192. The maximum Gasteiger partial charge on any atom is 0.0713 e. The first-order valence-electron chi connectivity index (χ1n) is 9.61. The monoisotopic (exact) mass is 376 g/mol. The zero-order valence-corrected chi connectivity index (χ0v) is 16.7. The number of halogens is 1. The van der Waals surface area contributed by atoms with Crippen molar-refractivity contribution in [2.24, 2.45) is 16.8 Å². The minimum Gasteiger partial charge on any atom is -0.339 e. The van der Waals surface area contributed by atoms with E-state index in [1.807, 2.05) is 13.0 Å². The van der Waals surface area contributed by atoms with Gasteiger partial charge in [0.1, 0.15) is 0 Å². The van der Waals surface area contributed by atoms with Crippen molar-refractivity contribution in [2.75, 3.05) is 0 Å². The van der Waals surface area contributed by atoms with Crippen LogP contribution in [-0.2, 0) is 6.54 Å². The van der Waals surface area contributed by atoms with E-state index in [1.165, 1.54) is 29.4 Å². The molecule has 0 spiro atoms. The Balaban J connectivity index is 1.90. The van der Waals surface area contributed by atoms with Crippen molar-refractivity contribution in [1.82, 2.24) is 4.57 Å². The Morgan fingerprint density at radius 3 is 2.81 bits per heavy atom. The van der Waals surface area contributed by atoms with Crippen LogP contribution >= 0.6 is 11.6 Å². The molecule has 1 aromatic carbocycles. The van der Waals surface area contributed by atoms with Gasteiger partial charge in [-0.25, -0.2) is 0 Å². The molecule has 2 heterocycles. The average Bonchev–Trinajstić information content (AvgIpc) is 3.46. The molecular weight excluding hydrogens is 352 g/mol. The van der Waals surface area contributed by atoms with Gasteiger partial charge in [-0.1, -0.05) is 55.5 Å². The summed E-state index contributed by atoms with van der Waals surface area (Å²) in [4.78, 5) is 5.08. The van der Waals surface area contributed by atoms with Gasteiger partial charge in [-0.05, 0) is 55.0 Å². The standard InChI is InChI=1S/C24H25ClN2/c1-4-18-11-16(2)24(26-21(12-18)17(3)14-25)23-13-20-7-5-6-8-22(20)27(23)15-19-9-10-19/h4-8,11-14,16,19H,1,9-10,15H2,2-3H3/b17-14+. The summed E-state index contributed by atoms with van der Waals surface area (Å²) in [5.74, 6) is 0.983. The molecule has 1 atom stereocenters. The summed E-state index contributed by atoms with van der Waals surface area (Å²) >= 11 is 6.01. The average molecular weight is 377 g/mol. The first-order valence-corrected chi connectivity index (χ1v) is 10.0. The highest BCUT2D eigenvalue weighted by Crippen LogP contribution is 2.34. The van der Waals surface area contributed by atoms with Crippen molar-refractivity contribution in [3.8, 4) is 0 Å². The van der Waals surface area contributed by atoms with Crippen molar-refractivity contribution in [2.45, 2.75) is 33.2 Å². The lowest BCUT2D eigenvalue weighted by Gasteiger charge is -2.16. The molecule has 0 radical (unpaired) electrons. The Kier molecular flexibility index (Phi) is 4.92. The third-order valence-electron chi connectivity index (χ3n) is 5.43. The summed E-state index contributed by atoms with van der Waals surface area (Å²) in [5, 5.41) is 1.27. The normalized spacial score (nSPS) is 20.8. The molecule has 27 heavy (non-hydrogen) atoms. The first kappa shape index (κ1) is 18.1. The number of allylic oxidation sites excluding steroid dienone is 5. The Bertz CT molecular complexity index is 1010. The maximum absolute atomic E-state index is 6.01. The molecule has 1 unspecified atom stereocenters. The Hall–Kier alpha value is -2.32. The number of rotatable bonds is 5. The van der Waals surface area contributed by atoms with Crippen molar-refractivity contribution < 1.29 is 0 Å². The van der Waals surface area contributed by atoms with E-state index in [-0.39, 0.29) is 5.92 Å². The smallest absolute Gasteiger partial charge is 0.0713 e. The lowest BCUT2D eigenvalue weighted by Crippen LogP contribution is -2.17. The Labute approximate surface area is 166 Å². The van der Waals surface area contributed by atoms with Gasteiger partial charge in [0.2, 0.25) is 0 Å². The van der Waals surface area contributed by atoms with Gasteiger partial charge in [0, 0.05) is 28.9 Å². The molecule has 2 nitrogen and oxygen atoms in total. The predicted molar refractivity (Wildman–Crippen MR) is 116 cm³/mol. The Morgan fingerprint density at radius 1 is 1.33 bits per heavy atom. The van der Waals surface area contributed by atoms with Crippen LogP contribution in [0.4, 0.5) is 0 Å². The highest BCUT2D eigenvalue weighted by molar-refractivity contribution is 6.26. The van der Waals surface area contributed by atoms with E-state index in [1.54, 1.807) is 5.54 Å². The molecule has 1 aliphatic heterocycles. The number of hydrogen-bond acceptors (Lipinski definition) is 1. The lowest BCUT2D eigenvalue weighted by molar-refractivity contribution is 0.641. The van der Waals surface area contributed by atoms with Crippen LogP contribution < -0.4 is 0 Å². The second kappa shape index (κ2) is 7.36. The summed E-state index contributed by atoms with van der Waals surface area (Å²) in [6.07, 6.45) is 8.84. The number of benzene rings is 1. The molecule has 4 rings (SSSR count). The lowest BCUT2D eigenvalue weighted by atomic mass is 10.00. The van der Waals surface area contributed by atoms with Crippen LogP contribution in [-0.4, -0.2) is 10.3 Å². The highest BCUT2D eigenvalue weighted by Gasteiger charge is 2.26. The van der Waals surface area contributed by atoms with Gasteiger partial charge in [0.05, 0.1) is 17.1 Å². The molecule has 2 aliphatic rings. The van der Waals surface area contributed by atoms with Gasteiger partial charge >= 0.3 is 0 Å². The number of fused-ring (bicyclic) bond motifs is 1. The van der Waals surface area contributed by atoms with Crippen molar-refractivity contribution in [1.29, 1.82) is 0 Å². The minimum absolute atomic E-state index is 0.192. The van der Waals surface area contributed by atoms with Crippen molar-refractivity contribution >= 4 is 28.2 Å². The van der Waals surface area contributed by atoms with E-state index in [0.717, 1.165) is 35.0 Å². The molecule has 1 aliphatic carbocycles. The molecule has 3 heteroatoms. The third-order valence-corrected chi connectivity index (χ3v) is 5.76. The van der Waals surface area contributed by atoms with Crippen LogP contribution in [0, 0.1) is 11.8 Å². The van der Waals surface area contributed by atoms with Crippen LogP contribution in [0.1, 0.15) is 32.4 Å².